The average molecular weight is 615 g/mol. The molecule has 4 aromatic rings. The molecule has 2 aromatic carbocycles. The minimum Gasteiger partial charge on any atom is -0.462 e. The number of thiazole rings is 1. The van der Waals surface area contributed by atoms with Crippen LogP contribution < -0.4 is 15.1 Å². The molecule has 1 N–H and O–H groups in total. The van der Waals surface area contributed by atoms with Crippen LogP contribution >= 0.6 is 23.1 Å². The number of imide groups is 1. The molecule has 3 atom stereocenters. The van der Waals surface area contributed by atoms with Crippen molar-refractivity contribution in [1.82, 2.24) is 9.55 Å². The van der Waals surface area contributed by atoms with Gasteiger partial charge in [0.15, 0.2) is 0 Å². The van der Waals surface area contributed by atoms with E-state index in [1.165, 1.54) is 16.7 Å². The largest absolute Gasteiger partial charge is 0.462 e. The molecule has 0 radical (unpaired) electrons. The van der Waals surface area contributed by atoms with Crippen LogP contribution in [0.15, 0.2) is 82.9 Å². The van der Waals surface area contributed by atoms with E-state index in [0.29, 0.717) is 32.4 Å². The maximum Gasteiger partial charge on any atom is 0.338 e. The first-order valence-corrected chi connectivity index (χ1v) is 15.3. The van der Waals surface area contributed by atoms with Crippen LogP contribution in [0, 0.1) is 12.8 Å². The number of nitrogens with zero attached hydrogens (tertiary/aromatic N) is 3. The normalized spacial score (nSPS) is 19.1. The van der Waals surface area contributed by atoms with Crippen molar-refractivity contribution in [3.63, 3.8) is 0 Å². The Morgan fingerprint density at radius 3 is 2.42 bits per heavy atom. The Bertz CT molecular complexity index is 1780. The third kappa shape index (κ3) is 5.28. The fraction of sp³-hybridized carbons (Fsp3) is 0.226. The molecule has 218 valence electrons. The number of carbonyl (C=O) groups is 4. The number of aromatic nitrogens is 2. The van der Waals surface area contributed by atoms with Gasteiger partial charge in [0, 0.05) is 28.9 Å². The molecule has 0 bridgehead atoms. The third-order valence-electron chi connectivity index (χ3n) is 7.37. The number of benzene rings is 2. The van der Waals surface area contributed by atoms with Gasteiger partial charge < -0.3 is 10.1 Å². The van der Waals surface area contributed by atoms with Crippen LogP contribution in [0.4, 0.5) is 11.4 Å². The average Bonchev–Trinajstić information content (AvgIpc) is 3.45. The maximum atomic E-state index is 14.0. The lowest BCUT2D eigenvalue weighted by atomic mass is 9.84. The van der Waals surface area contributed by atoms with Crippen LogP contribution in [0.2, 0.25) is 0 Å². The summed E-state index contributed by atoms with van der Waals surface area (Å²) < 4.78 is 6.42. The summed E-state index contributed by atoms with van der Waals surface area (Å²) in [6.07, 6.45) is 3.25. The number of anilines is 2. The van der Waals surface area contributed by atoms with Gasteiger partial charge in [-0.3, -0.25) is 28.7 Å². The Kier molecular flexibility index (Phi) is 7.72. The highest BCUT2D eigenvalue weighted by Gasteiger charge is 2.56. The molecule has 2 aliphatic rings. The Morgan fingerprint density at radius 2 is 1.74 bits per heavy atom. The summed E-state index contributed by atoms with van der Waals surface area (Å²) in [5.41, 5.74) is 2.99. The lowest BCUT2D eigenvalue weighted by Gasteiger charge is -2.30. The second kappa shape index (κ2) is 11.6. The van der Waals surface area contributed by atoms with Crippen LogP contribution in [0.3, 0.4) is 0 Å². The van der Waals surface area contributed by atoms with Crippen molar-refractivity contribution in [3.05, 3.63) is 104 Å². The summed E-state index contributed by atoms with van der Waals surface area (Å²) in [5, 5.41) is 2.47. The van der Waals surface area contributed by atoms with Gasteiger partial charge in [0.05, 0.1) is 28.8 Å². The molecule has 1 fully saturated rings. The van der Waals surface area contributed by atoms with Crippen molar-refractivity contribution >= 4 is 58.2 Å². The summed E-state index contributed by atoms with van der Waals surface area (Å²) in [7, 11) is 0. The van der Waals surface area contributed by atoms with E-state index in [1.54, 1.807) is 49.6 Å². The van der Waals surface area contributed by atoms with Crippen molar-refractivity contribution in [2.45, 2.75) is 36.6 Å². The smallest absolute Gasteiger partial charge is 0.338 e. The van der Waals surface area contributed by atoms with Gasteiger partial charge in [-0.15, -0.1) is 0 Å². The second-order valence-corrected chi connectivity index (χ2v) is 12.3. The number of esters is 1. The van der Waals surface area contributed by atoms with Crippen LogP contribution in [0.5, 0.6) is 0 Å². The summed E-state index contributed by atoms with van der Waals surface area (Å²) in [5.74, 6) is -3.14. The second-order valence-electron chi connectivity index (χ2n) is 10.1. The Hall–Kier alpha value is -4.55. The molecule has 6 rings (SSSR count). The molecule has 0 aliphatic carbocycles. The zero-order valence-corrected chi connectivity index (χ0v) is 24.8. The van der Waals surface area contributed by atoms with Crippen LogP contribution in [-0.2, 0) is 25.7 Å². The summed E-state index contributed by atoms with van der Waals surface area (Å²) in [6.45, 7) is 3.63. The molecule has 4 heterocycles. The number of aryl methyl sites for hydroxylation is 1. The number of ether oxygens (including phenoxy) is 1. The fourth-order valence-corrected chi connectivity index (χ4v) is 8.14. The molecule has 3 amide bonds. The molecular formula is C31H26N4O6S2. The van der Waals surface area contributed by atoms with Gasteiger partial charge in [0.1, 0.15) is 11.8 Å². The molecule has 1 saturated heterocycles. The number of nitrogens with one attached hydrogen (secondary N) is 1. The lowest BCUT2D eigenvalue weighted by Crippen LogP contribution is -2.33. The number of thioether (sulfide) groups is 1. The number of hydrogen-bond donors (Lipinski definition) is 1. The van der Waals surface area contributed by atoms with Crippen molar-refractivity contribution < 1.29 is 23.9 Å². The van der Waals surface area contributed by atoms with E-state index >= 15 is 0 Å². The van der Waals surface area contributed by atoms with Gasteiger partial charge in [-0.1, -0.05) is 46.9 Å². The molecule has 0 spiro atoms. The van der Waals surface area contributed by atoms with Crippen molar-refractivity contribution in [3.8, 4) is 0 Å². The van der Waals surface area contributed by atoms with E-state index in [1.807, 2.05) is 25.1 Å². The number of amides is 3. The molecule has 2 aliphatic heterocycles. The minimum absolute atomic E-state index is 0.225. The number of carbonyl (C=O) groups excluding carboxylic acids is 4. The van der Waals surface area contributed by atoms with Crippen LogP contribution in [0.1, 0.15) is 39.2 Å². The Labute approximate surface area is 254 Å². The van der Waals surface area contributed by atoms with Gasteiger partial charge in [0.25, 0.3) is 0 Å². The van der Waals surface area contributed by atoms with Gasteiger partial charge in [-0.05, 0) is 61.9 Å². The third-order valence-corrected chi connectivity index (χ3v) is 9.97. The van der Waals surface area contributed by atoms with Crippen LogP contribution in [-0.4, -0.2) is 45.1 Å². The molecule has 0 unspecified atom stereocenters. The van der Waals surface area contributed by atoms with Gasteiger partial charge in [0.2, 0.25) is 17.7 Å². The maximum absolute atomic E-state index is 14.0. The summed E-state index contributed by atoms with van der Waals surface area (Å²) in [4.78, 5) is 71.9. The monoisotopic (exact) mass is 614 g/mol. The zero-order valence-electron chi connectivity index (χ0n) is 23.2. The number of rotatable bonds is 7. The van der Waals surface area contributed by atoms with E-state index in [-0.39, 0.29) is 23.9 Å². The van der Waals surface area contributed by atoms with Gasteiger partial charge >= 0.3 is 10.8 Å². The molecule has 2 aromatic heterocycles. The molecule has 12 heteroatoms. The first-order valence-electron chi connectivity index (χ1n) is 13.6. The standard InChI is InChI=1S/C31H26N4O6S2/c1-3-41-30(39)18-8-12-21(13-9-18)35-27(37)24-23(19-5-4-14-32-15-19)26-29(42-25(24)28(35)38)34(31(40)43-26)16-22(36)33-20-10-6-17(2)7-11-20/h4-15,23-25H,3,16H2,1-2H3,(H,33,36)/t23-,24+,25-/m0/s1. The lowest BCUT2D eigenvalue weighted by molar-refractivity contribution is -0.122. The molecular weight excluding hydrogens is 588 g/mol. The number of hydrogen-bond acceptors (Lipinski definition) is 9. The number of fused-ring (bicyclic) bond motifs is 2. The highest BCUT2D eigenvalue weighted by molar-refractivity contribution is 8.00. The first kappa shape index (κ1) is 28.6. The predicted molar refractivity (Wildman–Crippen MR) is 162 cm³/mol. The Morgan fingerprint density at radius 1 is 1.00 bits per heavy atom. The van der Waals surface area contributed by atoms with E-state index in [0.717, 1.165) is 33.6 Å². The van der Waals surface area contributed by atoms with Crippen molar-refractivity contribution in [2.24, 2.45) is 5.92 Å². The highest BCUT2D eigenvalue weighted by Crippen LogP contribution is 2.53. The first-order chi connectivity index (χ1) is 20.8. The SMILES string of the molecule is CCOC(=O)c1ccc(N2C(=O)[C@@H]3[C@H](c4cccnc4)c4sc(=O)n(CC(=O)Nc5ccc(C)cc5)c4S[C@@H]3C2=O)cc1. The molecule has 0 saturated carbocycles. The topological polar surface area (TPSA) is 128 Å². The molecule has 43 heavy (non-hydrogen) atoms. The minimum atomic E-state index is -0.838. The summed E-state index contributed by atoms with van der Waals surface area (Å²) >= 11 is 2.11. The van der Waals surface area contributed by atoms with Crippen molar-refractivity contribution in [1.29, 1.82) is 0 Å². The van der Waals surface area contributed by atoms with Crippen LogP contribution in [0.25, 0.3) is 0 Å². The van der Waals surface area contributed by atoms with E-state index in [2.05, 4.69) is 10.3 Å². The molecule has 10 nitrogen and oxygen atoms in total. The highest BCUT2D eigenvalue weighted by atomic mass is 32.2. The number of pyridine rings is 1. The van der Waals surface area contributed by atoms with E-state index in [9.17, 15) is 24.0 Å². The zero-order chi connectivity index (χ0) is 30.2. The Balaban J connectivity index is 1.35. The van der Waals surface area contributed by atoms with E-state index in [4.69, 9.17) is 4.74 Å². The van der Waals surface area contributed by atoms with Gasteiger partial charge in [-0.2, -0.15) is 0 Å². The quantitative estimate of drug-likeness (QED) is 0.242. The van der Waals surface area contributed by atoms with Crippen molar-refractivity contribution in [2.75, 3.05) is 16.8 Å². The summed E-state index contributed by atoms with van der Waals surface area (Å²) in [6, 6.07) is 17.0. The fourth-order valence-electron chi connectivity index (χ4n) is 5.37. The van der Waals surface area contributed by atoms with Gasteiger partial charge in [-0.25, -0.2) is 9.69 Å². The predicted octanol–water partition coefficient (Wildman–Crippen LogP) is 4.22. The van der Waals surface area contributed by atoms with E-state index < -0.39 is 34.9 Å².